The number of rotatable bonds is 6. The van der Waals surface area contributed by atoms with Crippen molar-refractivity contribution in [3.63, 3.8) is 0 Å². The summed E-state index contributed by atoms with van der Waals surface area (Å²) >= 11 is 11.6. The van der Waals surface area contributed by atoms with E-state index < -0.39 is 0 Å². The van der Waals surface area contributed by atoms with Crippen molar-refractivity contribution in [2.24, 2.45) is 0 Å². The van der Waals surface area contributed by atoms with Crippen LogP contribution in [0.4, 0.5) is 0 Å². The van der Waals surface area contributed by atoms with Gasteiger partial charge in [-0.2, -0.15) is 5.10 Å². The summed E-state index contributed by atoms with van der Waals surface area (Å²) in [4.78, 5) is 1.31. The first kappa shape index (κ1) is 15.0. The van der Waals surface area contributed by atoms with Crippen LogP contribution >= 0.6 is 38.9 Å². The van der Waals surface area contributed by atoms with E-state index in [1.165, 1.54) is 4.88 Å². The highest BCUT2D eigenvalue weighted by molar-refractivity contribution is 9.11. The molecule has 0 saturated carbocycles. The van der Waals surface area contributed by atoms with Gasteiger partial charge in [-0.25, -0.2) is 0 Å². The molecule has 0 aromatic carbocycles. The zero-order valence-electron chi connectivity index (χ0n) is 11.0. The van der Waals surface area contributed by atoms with E-state index in [0.717, 1.165) is 46.3 Å². The predicted molar refractivity (Wildman–Crippen MR) is 84.9 cm³/mol. The molecule has 0 bridgehead atoms. The minimum atomic E-state index is 0.745. The Balaban J connectivity index is 2.00. The van der Waals surface area contributed by atoms with E-state index in [1.54, 1.807) is 11.3 Å². The minimum absolute atomic E-state index is 0.745. The van der Waals surface area contributed by atoms with Crippen LogP contribution in [0.3, 0.4) is 0 Å². The zero-order valence-corrected chi connectivity index (χ0v) is 14.2. The van der Waals surface area contributed by atoms with Gasteiger partial charge in [-0.15, -0.1) is 11.3 Å². The molecule has 0 fully saturated rings. The number of hydrogen-bond acceptors (Lipinski definition) is 3. The van der Waals surface area contributed by atoms with Crippen LogP contribution in [0.2, 0.25) is 5.02 Å². The van der Waals surface area contributed by atoms with Gasteiger partial charge in [0.1, 0.15) is 0 Å². The number of thiophene rings is 1. The highest BCUT2D eigenvalue weighted by atomic mass is 79.9. The normalized spacial score (nSPS) is 11.2. The largest absolute Gasteiger partial charge is 0.306 e. The number of aryl methyl sites for hydroxylation is 2. The van der Waals surface area contributed by atoms with Crippen LogP contribution in [0.1, 0.15) is 30.1 Å². The van der Waals surface area contributed by atoms with Crippen LogP contribution in [-0.2, 0) is 26.1 Å². The Morgan fingerprint density at radius 2 is 2.16 bits per heavy atom. The summed E-state index contributed by atoms with van der Waals surface area (Å²) in [6, 6.07) is 4.19. The summed E-state index contributed by atoms with van der Waals surface area (Å²) in [5.74, 6) is 0. The lowest BCUT2D eigenvalue weighted by atomic mass is 10.3. The monoisotopic (exact) mass is 361 g/mol. The highest BCUT2D eigenvalue weighted by Gasteiger charge is 2.13. The van der Waals surface area contributed by atoms with Gasteiger partial charge in [-0.1, -0.05) is 18.5 Å². The van der Waals surface area contributed by atoms with Gasteiger partial charge < -0.3 is 5.32 Å². The molecule has 104 valence electrons. The van der Waals surface area contributed by atoms with Gasteiger partial charge >= 0.3 is 0 Å². The summed E-state index contributed by atoms with van der Waals surface area (Å²) in [7, 11) is 0. The third-order valence-corrected chi connectivity index (χ3v) is 4.97. The summed E-state index contributed by atoms with van der Waals surface area (Å²) < 4.78 is 3.15. The van der Waals surface area contributed by atoms with Gasteiger partial charge in [0.25, 0.3) is 0 Å². The van der Waals surface area contributed by atoms with Gasteiger partial charge in [-0.05, 0) is 41.4 Å². The van der Waals surface area contributed by atoms with Gasteiger partial charge in [0, 0.05) is 24.5 Å². The van der Waals surface area contributed by atoms with Gasteiger partial charge in [-0.3, -0.25) is 4.68 Å². The Morgan fingerprint density at radius 3 is 2.74 bits per heavy atom. The molecule has 6 heteroatoms. The fourth-order valence-corrected chi connectivity index (χ4v) is 3.73. The molecule has 0 radical (unpaired) electrons. The molecule has 2 heterocycles. The van der Waals surface area contributed by atoms with Gasteiger partial charge in [0.2, 0.25) is 0 Å². The first-order valence-corrected chi connectivity index (χ1v) is 8.33. The first-order chi connectivity index (χ1) is 9.15. The molecular weight excluding hydrogens is 346 g/mol. The summed E-state index contributed by atoms with van der Waals surface area (Å²) in [5.41, 5.74) is 2.07. The minimum Gasteiger partial charge on any atom is -0.306 e. The van der Waals surface area contributed by atoms with Crippen molar-refractivity contribution >= 4 is 38.9 Å². The van der Waals surface area contributed by atoms with Gasteiger partial charge in [0.15, 0.2) is 0 Å². The van der Waals surface area contributed by atoms with E-state index >= 15 is 0 Å². The molecule has 0 unspecified atom stereocenters. The third kappa shape index (κ3) is 3.60. The summed E-state index contributed by atoms with van der Waals surface area (Å²) in [5, 5.41) is 8.75. The third-order valence-electron chi connectivity index (χ3n) is 2.91. The predicted octanol–water partition coefficient (Wildman–Crippen LogP) is 4.23. The first-order valence-electron chi connectivity index (χ1n) is 6.34. The second-order valence-electron chi connectivity index (χ2n) is 4.19. The maximum Gasteiger partial charge on any atom is 0.0863 e. The average molecular weight is 363 g/mol. The second kappa shape index (κ2) is 6.88. The smallest absolute Gasteiger partial charge is 0.0863 e. The van der Waals surface area contributed by atoms with Gasteiger partial charge in [0.05, 0.1) is 20.2 Å². The Morgan fingerprint density at radius 1 is 1.37 bits per heavy atom. The van der Waals surface area contributed by atoms with Crippen LogP contribution < -0.4 is 5.32 Å². The highest BCUT2D eigenvalue weighted by Crippen LogP contribution is 2.23. The molecular formula is C13H17BrClN3S. The lowest BCUT2D eigenvalue weighted by molar-refractivity contribution is 0.579. The quantitative estimate of drug-likeness (QED) is 0.833. The fraction of sp³-hybridized carbons (Fsp3) is 0.462. The lowest BCUT2D eigenvalue weighted by Crippen LogP contribution is -2.15. The van der Waals surface area contributed by atoms with Crippen LogP contribution in [0, 0.1) is 0 Å². The number of halogens is 2. The van der Waals surface area contributed by atoms with Crippen molar-refractivity contribution < 1.29 is 0 Å². The molecule has 1 N–H and O–H groups in total. The Hall–Kier alpha value is -0.360. The molecule has 3 nitrogen and oxygen atoms in total. The fourth-order valence-electron chi connectivity index (χ4n) is 1.94. The molecule has 0 aliphatic rings. The molecule has 0 atom stereocenters. The lowest BCUT2D eigenvalue weighted by Gasteiger charge is -2.06. The summed E-state index contributed by atoms with van der Waals surface area (Å²) in [6.45, 7) is 6.61. The van der Waals surface area contributed by atoms with Crippen molar-refractivity contribution in [1.82, 2.24) is 15.1 Å². The van der Waals surface area contributed by atoms with Crippen molar-refractivity contribution in [2.75, 3.05) is 0 Å². The van der Waals surface area contributed by atoms with E-state index in [1.807, 2.05) is 4.68 Å². The van der Waals surface area contributed by atoms with E-state index in [-0.39, 0.29) is 0 Å². The van der Waals surface area contributed by atoms with E-state index in [4.69, 9.17) is 11.6 Å². The van der Waals surface area contributed by atoms with E-state index in [0.29, 0.717) is 0 Å². The van der Waals surface area contributed by atoms with E-state index in [2.05, 4.69) is 52.3 Å². The number of nitrogens with one attached hydrogen (secondary N) is 1. The van der Waals surface area contributed by atoms with Crippen LogP contribution in [0.5, 0.6) is 0 Å². The van der Waals surface area contributed by atoms with Crippen molar-refractivity contribution in [3.8, 4) is 0 Å². The van der Waals surface area contributed by atoms with Crippen molar-refractivity contribution in [2.45, 2.75) is 39.9 Å². The molecule has 0 amide bonds. The Bertz CT molecular complexity index is 550. The van der Waals surface area contributed by atoms with E-state index in [9.17, 15) is 0 Å². The number of nitrogens with zero attached hydrogens (tertiary/aromatic N) is 2. The molecule has 2 rings (SSSR count). The molecule has 19 heavy (non-hydrogen) atoms. The van der Waals surface area contributed by atoms with Crippen molar-refractivity contribution in [3.05, 3.63) is 37.2 Å². The van der Waals surface area contributed by atoms with Crippen LogP contribution in [0.25, 0.3) is 0 Å². The molecule has 0 saturated heterocycles. The number of hydrogen-bond donors (Lipinski definition) is 1. The SMILES string of the molecule is CCc1nn(CC)c(CNCc2ccc(Br)s2)c1Cl. The number of aromatic nitrogens is 2. The second-order valence-corrected chi connectivity index (χ2v) is 7.11. The van der Waals surface area contributed by atoms with Crippen LogP contribution in [-0.4, -0.2) is 9.78 Å². The topological polar surface area (TPSA) is 29.9 Å². The molecule has 0 spiro atoms. The maximum absolute atomic E-state index is 6.37. The Kier molecular flexibility index (Phi) is 5.45. The zero-order chi connectivity index (χ0) is 13.8. The average Bonchev–Trinajstić information content (AvgIpc) is 2.94. The summed E-state index contributed by atoms with van der Waals surface area (Å²) in [6.07, 6.45) is 0.872. The molecule has 0 aliphatic heterocycles. The van der Waals surface area contributed by atoms with Crippen molar-refractivity contribution in [1.29, 1.82) is 0 Å². The molecule has 0 aliphatic carbocycles. The van der Waals surface area contributed by atoms with Crippen LogP contribution in [0.15, 0.2) is 15.9 Å². The Labute approximate surface area is 131 Å². The maximum atomic E-state index is 6.37. The molecule has 2 aromatic rings. The molecule has 2 aromatic heterocycles. The standard InChI is InChI=1S/C13H17BrClN3S/c1-3-10-13(15)11(18(4-2)17-10)8-16-7-9-5-6-12(14)19-9/h5-6,16H,3-4,7-8H2,1-2H3.